The first-order valence-electron chi connectivity index (χ1n) is 7.33. The molecule has 128 valence electrons. The highest BCUT2D eigenvalue weighted by atomic mass is 35.5. The molecule has 0 aliphatic heterocycles. The minimum absolute atomic E-state index is 0.0852. The molecule has 3 rings (SSSR count). The van der Waals surface area contributed by atoms with Gasteiger partial charge >= 0.3 is 0 Å². The summed E-state index contributed by atoms with van der Waals surface area (Å²) in [5, 5.41) is 3.38. The topological polar surface area (TPSA) is 58.2 Å². The number of sulfonamides is 1. The Morgan fingerprint density at radius 3 is 2.16 bits per heavy atom. The third-order valence-electron chi connectivity index (χ3n) is 3.36. The summed E-state index contributed by atoms with van der Waals surface area (Å²) >= 11 is 5.84. The van der Waals surface area contributed by atoms with E-state index in [0.29, 0.717) is 22.1 Å². The molecule has 0 spiro atoms. The lowest BCUT2D eigenvalue weighted by Gasteiger charge is -2.10. The first-order chi connectivity index (χ1) is 11.9. The van der Waals surface area contributed by atoms with Crippen molar-refractivity contribution in [1.29, 1.82) is 0 Å². The fraction of sp³-hybridized carbons (Fsp3) is 0. The monoisotopic (exact) mass is 376 g/mol. The Kier molecular flexibility index (Phi) is 4.92. The largest absolute Gasteiger partial charge is 0.355 e. The molecule has 0 bridgehead atoms. The molecule has 0 unspecified atom stereocenters. The van der Waals surface area contributed by atoms with Gasteiger partial charge in [-0.25, -0.2) is 12.8 Å². The number of anilines is 3. The molecule has 0 heterocycles. The Bertz CT molecular complexity index is 992. The van der Waals surface area contributed by atoms with Gasteiger partial charge in [0, 0.05) is 22.1 Å². The summed E-state index contributed by atoms with van der Waals surface area (Å²) in [6.45, 7) is 0. The summed E-state index contributed by atoms with van der Waals surface area (Å²) < 4.78 is 40.4. The maximum absolute atomic E-state index is 13.2. The Morgan fingerprint density at radius 1 is 0.800 bits per heavy atom. The van der Waals surface area contributed by atoms with E-state index in [0.717, 1.165) is 0 Å². The lowest BCUT2D eigenvalue weighted by Crippen LogP contribution is -2.12. The standard InChI is InChI=1S/C18H14ClFN2O2S/c19-13-3-1-6-18(11-13)25(23,24)22-16-9-7-15(8-10-16)21-17-5-2-4-14(20)12-17/h1-12,21-22H. The summed E-state index contributed by atoms with van der Waals surface area (Å²) in [6, 6.07) is 18.7. The Hall–Kier alpha value is -2.57. The second-order valence-electron chi connectivity index (χ2n) is 5.28. The van der Waals surface area contributed by atoms with E-state index in [1.54, 1.807) is 48.5 Å². The molecule has 0 radical (unpaired) electrons. The lowest BCUT2D eigenvalue weighted by atomic mass is 10.2. The van der Waals surface area contributed by atoms with Gasteiger partial charge in [0.1, 0.15) is 5.82 Å². The highest BCUT2D eigenvalue weighted by Gasteiger charge is 2.14. The van der Waals surface area contributed by atoms with Gasteiger partial charge in [-0.05, 0) is 60.7 Å². The van der Waals surface area contributed by atoms with Crippen LogP contribution in [0.2, 0.25) is 5.02 Å². The smallest absolute Gasteiger partial charge is 0.261 e. The molecule has 0 aliphatic rings. The molecule has 0 aromatic heterocycles. The van der Waals surface area contributed by atoms with Crippen molar-refractivity contribution in [3.8, 4) is 0 Å². The summed E-state index contributed by atoms with van der Waals surface area (Å²) in [6.07, 6.45) is 0. The molecule has 0 saturated carbocycles. The maximum atomic E-state index is 13.2. The number of hydrogen-bond donors (Lipinski definition) is 2. The highest BCUT2D eigenvalue weighted by molar-refractivity contribution is 7.92. The van der Waals surface area contributed by atoms with Crippen molar-refractivity contribution in [2.45, 2.75) is 4.90 Å². The van der Waals surface area contributed by atoms with Crippen LogP contribution in [-0.2, 0) is 10.0 Å². The lowest BCUT2D eigenvalue weighted by molar-refractivity contribution is 0.601. The molecule has 0 aliphatic carbocycles. The molecule has 0 atom stereocenters. The predicted octanol–water partition coefficient (Wildman–Crippen LogP) is 5.02. The van der Waals surface area contributed by atoms with Crippen LogP contribution < -0.4 is 10.0 Å². The fourth-order valence-corrected chi connectivity index (χ4v) is 3.56. The van der Waals surface area contributed by atoms with Crippen LogP contribution in [0.5, 0.6) is 0 Å². The first kappa shape index (κ1) is 17.3. The van der Waals surface area contributed by atoms with Gasteiger partial charge in [0.25, 0.3) is 10.0 Å². The molecule has 7 heteroatoms. The number of benzene rings is 3. The van der Waals surface area contributed by atoms with Gasteiger partial charge in [-0.15, -0.1) is 0 Å². The van der Waals surface area contributed by atoms with Crippen molar-refractivity contribution in [2.75, 3.05) is 10.0 Å². The summed E-state index contributed by atoms with van der Waals surface area (Å²) in [5.41, 5.74) is 1.72. The second kappa shape index (κ2) is 7.13. The van der Waals surface area contributed by atoms with E-state index in [9.17, 15) is 12.8 Å². The van der Waals surface area contributed by atoms with Gasteiger partial charge in [0.15, 0.2) is 0 Å². The van der Waals surface area contributed by atoms with Crippen molar-refractivity contribution in [3.05, 3.63) is 83.6 Å². The van der Waals surface area contributed by atoms with Gasteiger partial charge in [0.2, 0.25) is 0 Å². The van der Waals surface area contributed by atoms with E-state index in [4.69, 9.17) is 11.6 Å². The van der Waals surface area contributed by atoms with Crippen LogP contribution in [0.1, 0.15) is 0 Å². The molecule has 2 N–H and O–H groups in total. The van der Waals surface area contributed by atoms with Crippen molar-refractivity contribution >= 4 is 38.7 Å². The normalized spacial score (nSPS) is 11.1. The van der Waals surface area contributed by atoms with Crippen molar-refractivity contribution in [1.82, 2.24) is 0 Å². The Labute approximate surface area is 150 Å². The average Bonchev–Trinajstić information content (AvgIpc) is 2.56. The SMILES string of the molecule is O=S(=O)(Nc1ccc(Nc2cccc(F)c2)cc1)c1cccc(Cl)c1. The molecule has 3 aromatic rings. The van der Waals surface area contributed by atoms with Crippen LogP contribution in [-0.4, -0.2) is 8.42 Å². The van der Waals surface area contributed by atoms with Gasteiger partial charge in [-0.2, -0.15) is 0 Å². The highest BCUT2D eigenvalue weighted by Crippen LogP contribution is 2.22. The van der Waals surface area contributed by atoms with E-state index in [2.05, 4.69) is 10.0 Å². The van der Waals surface area contributed by atoms with Crippen LogP contribution in [0, 0.1) is 5.82 Å². The van der Waals surface area contributed by atoms with Crippen LogP contribution in [0.4, 0.5) is 21.5 Å². The van der Waals surface area contributed by atoms with Gasteiger partial charge in [-0.3, -0.25) is 4.72 Å². The van der Waals surface area contributed by atoms with Crippen molar-refractivity contribution in [2.24, 2.45) is 0 Å². The zero-order valence-corrected chi connectivity index (χ0v) is 14.5. The number of halogens is 2. The third-order valence-corrected chi connectivity index (χ3v) is 4.97. The average molecular weight is 377 g/mol. The maximum Gasteiger partial charge on any atom is 0.261 e. The van der Waals surface area contributed by atoms with Crippen molar-refractivity contribution < 1.29 is 12.8 Å². The second-order valence-corrected chi connectivity index (χ2v) is 7.39. The van der Waals surface area contributed by atoms with E-state index in [-0.39, 0.29) is 10.7 Å². The van der Waals surface area contributed by atoms with Crippen molar-refractivity contribution in [3.63, 3.8) is 0 Å². The Balaban J connectivity index is 1.74. The predicted molar refractivity (Wildman–Crippen MR) is 98.4 cm³/mol. The summed E-state index contributed by atoms with van der Waals surface area (Å²) in [4.78, 5) is 0.0852. The molecule has 4 nitrogen and oxygen atoms in total. The van der Waals surface area contributed by atoms with Gasteiger partial charge < -0.3 is 5.32 Å². The zero-order chi connectivity index (χ0) is 17.9. The quantitative estimate of drug-likeness (QED) is 0.657. The third kappa shape index (κ3) is 4.49. The first-order valence-corrected chi connectivity index (χ1v) is 9.19. The molecule has 3 aromatic carbocycles. The minimum atomic E-state index is -3.72. The zero-order valence-electron chi connectivity index (χ0n) is 12.9. The van der Waals surface area contributed by atoms with E-state index in [1.165, 1.54) is 24.3 Å². The van der Waals surface area contributed by atoms with Crippen LogP contribution in [0.3, 0.4) is 0 Å². The van der Waals surface area contributed by atoms with Gasteiger partial charge in [0.05, 0.1) is 4.90 Å². The molecule has 25 heavy (non-hydrogen) atoms. The van der Waals surface area contributed by atoms with E-state index >= 15 is 0 Å². The van der Waals surface area contributed by atoms with Crippen LogP contribution in [0.15, 0.2) is 77.7 Å². The molecule has 0 amide bonds. The molecular formula is C18H14ClFN2O2S. The minimum Gasteiger partial charge on any atom is -0.355 e. The number of hydrogen-bond acceptors (Lipinski definition) is 3. The van der Waals surface area contributed by atoms with E-state index in [1.807, 2.05) is 0 Å². The van der Waals surface area contributed by atoms with Crippen LogP contribution >= 0.6 is 11.6 Å². The Morgan fingerprint density at radius 2 is 1.48 bits per heavy atom. The molecular weight excluding hydrogens is 363 g/mol. The fourth-order valence-electron chi connectivity index (χ4n) is 2.20. The van der Waals surface area contributed by atoms with E-state index < -0.39 is 10.0 Å². The van der Waals surface area contributed by atoms with Crippen LogP contribution in [0.25, 0.3) is 0 Å². The number of nitrogens with one attached hydrogen (secondary N) is 2. The summed E-state index contributed by atoms with van der Waals surface area (Å²) in [5.74, 6) is -0.337. The number of rotatable bonds is 5. The van der Waals surface area contributed by atoms with Gasteiger partial charge in [-0.1, -0.05) is 23.7 Å². The molecule has 0 fully saturated rings. The molecule has 0 saturated heterocycles. The summed E-state index contributed by atoms with van der Waals surface area (Å²) in [7, 11) is -3.72.